The fourth-order valence-corrected chi connectivity index (χ4v) is 2.15. The fraction of sp³-hybridized carbons (Fsp3) is 0.571. The van der Waals surface area contributed by atoms with Crippen LogP contribution < -0.4 is 5.32 Å². The van der Waals surface area contributed by atoms with Gasteiger partial charge in [-0.15, -0.1) is 0 Å². The number of aryl methyl sites for hydroxylation is 1. The molecule has 1 nitrogen and oxygen atoms in total. The maximum Gasteiger partial charge on any atom is 0.0208 e. The number of benzene rings is 1. The zero-order valence-corrected chi connectivity index (χ0v) is 9.79. The molecule has 1 aromatic rings. The molecular weight excluding hydrogens is 182 g/mol. The molecule has 1 aliphatic rings. The molecule has 2 unspecified atom stereocenters. The Morgan fingerprint density at radius 3 is 2.53 bits per heavy atom. The predicted octanol–water partition coefficient (Wildman–Crippen LogP) is 2.99. The Bertz CT molecular complexity index is 319. The molecule has 0 bridgehead atoms. The first-order chi connectivity index (χ1) is 7.31. The Morgan fingerprint density at radius 1 is 1.27 bits per heavy atom. The van der Waals surface area contributed by atoms with Crippen molar-refractivity contribution in [3.05, 3.63) is 35.4 Å². The Kier molecular flexibility index (Phi) is 3.42. The van der Waals surface area contributed by atoms with Crippen LogP contribution in [-0.4, -0.2) is 6.54 Å². The van der Waals surface area contributed by atoms with Crippen molar-refractivity contribution < 1.29 is 0 Å². The summed E-state index contributed by atoms with van der Waals surface area (Å²) in [5.74, 6) is 1.90. The first-order valence-electron chi connectivity index (χ1n) is 6.08. The molecule has 1 heteroatoms. The van der Waals surface area contributed by atoms with E-state index in [9.17, 15) is 0 Å². The van der Waals surface area contributed by atoms with Crippen LogP contribution in [0.1, 0.15) is 31.4 Å². The molecule has 0 heterocycles. The minimum atomic E-state index is 0.943. The zero-order valence-electron chi connectivity index (χ0n) is 9.79. The molecule has 1 aromatic carbocycles. The van der Waals surface area contributed by atoms with Gasteiger partial charge in [-0.1, -0.05) is 38.1 Å². The summed E-state index contributed by atoms with van der Waals surface area (Å²) in [5.41, 5.74) is 2.95. The van der Waals surface area contributed by atoms with Crippen molar-refractivity contribution in [2.45, 2.75) is 33.2 Å². The third-order valence-corrected chi connectivity index (χ3v) is 3.50. The molecule has 1 saturated carbocycles. The lowest BCUT2D eigenvalue weighted by molar-refractivity contribution is 0.610. The molecule has 2 rings (SSSR count). The van der Waals surface area contributed by atoms with Gasteiger partial charge in [0.05, 0.1) is 0 Å². The van der Waals surface area contributed by atoms with Crippen LogP contribution in [0.15, 0.2) is 24.3 Å². The lowest BCUT2D eigenvalue weighted by Crippen LogP contribution is -2.17. The monoisotopic (exact) mass is 203 g/mol. The highest BCUT2D eigenvalue weighted by Gasteiger charge is 2.31. The van der Waals surface area contributed by atoms with Crippen LogP contribution in [0, 0.1) is 11.8 Å². The molecule has 82 valence electrons. The van der Waals surface area contributed by atoms with Crippen LogP contribution in [0.3, 0.4) is 0 Å². The highest BCUT2D eigenvalue weighted by Crippen LogP contribution is 2.36. The first kappa shape index (κ1) is 10.7. The minimum absolute atomic E-state index is 0.943. The van der Waals surface area contributed by atoms with E-state index < -0.39 is 0 Å². The average Bonchev–Trinajstić information content (AvgIpc) is 2.95. The summed E-state index contributed by atoms with van der Waals surface area (Å²) in [4.78, 5) is 0. The third-order valence-electron chi connectivity index (χ3n) is 3.50. The molecule has 0 spiro atoms. The largest absolute Gasteiger partial charge is 0.312 e. The summed E-state index contributed by atoms with van der Waals surface area (Å²) >= 11 is 0. The predicted molar refractivity (Wildman–Crippen MR) is 64.8 cm³/mol. The molecule has 1 fully saturated rings. The van der Waals surface area contributed by atoms with E-state index in [1.165, 1.54) is 24.1 Å². The lowest BCUT2D eigenvalue weighted by Gasteiger charge is -2.08. The van der Waals surface area contributed by atoms with Crippen LogP contribution in [0.2, 0.25) is 0 Å². The molecule has 0 aromatic heterocycles. The van der Waals surface area contributed by atoms with Gasteiger partial charge in [0.15, 0.2) is 0 Å². The van der Waals surface area contributed by atoms with Crippen molar-refractivity contribution in [2.75, 3.05) is 6.54 Å². The van der Waals surface area contributed by atoms with Crippen LogP contribution in [0.4, 0.5) is 0 Å². The second-order valence-electron chi connectivity index (χ2n) is 4.73. The number of rotatable bonds is 5. The van der Waals surface area contributed by atoms with Crippen LogP contribution >= 0.6 is 0 Å². The van der Waals surface area contributed by atoms with Gasteiger partial charge in [-0.25, -0.2) is 0 Å². The van der Waals surface area contributed by atoms with Crippen molar-refractivity contribution in [3.8, 4) is 0 Å². The standard InChI is InChI=1S/C14H21N/c1-3-12-6-4-5-7-13(12)9-15-10-14-8-11(14)2/h4-7,11,14-15H,3,8-10H2,1-2H3. The third kappa shape index (κ3) is 2.82. The summed E-state index contributed by atoms with van der Waals surface area (Å²) in [6.07, 6.45) is 2.56. The first-order valence-corrected chi connectivity index (χ1v) is 6.08. The minimum Gasteiger partial charge on any atom is -0.312 e. The SMILES string of the molecule is CCc1ccccc1CNCC1CC1C. The number of hydrogen-bond donors (Lipinski definition) is 1. The molecule has 1 N–H and O–H groups in total. The van der Waals surface area contributed by atoms with Crippen LogP contribution in [0.5, 0.6) is 0 Å². The van der Waals surface area contributed by atoms with E-state index in [-0.39, 0.29) is 0 Å². The quantitative estimate of drug-likeness (QED) is 0.775. The number of hydrogen-bond acceptors (Lipinski definition) is 1. The summed E-state index contributed by atoms with van der Waals surface area (Å²) in [6, 6.07) is 8.74. The highest BCUT2D eigenvalue weighted by atomic mass is 14.9. The molecule has 0 aliphatic heterocycles. The molecule has 2 atom stereocenters. The Labute approximate surface area is 92.9 Å². The van der Waals surface area contributed by atoms with Gasteiger partial charge in [-0.2, -0.15) is 0 Å². The van der Waals surface area contributed by atoms with E-state index in [4.69, 9.17) is 0 Å². The topological polar surface area (TPSA) is 12.0 Å². The second kappa shape index (κ2) is 4.80. The van der Waals surface area contributed by atoms with Gasteiger partial charge in [-0.05, 0) is 42.3 Å². The van der Waals surface area contributed by atoms with Crippen LogP contribution in [0.25, 0.3) is 0 Å². The van der Waals surface area contributed by atoms with Crippen LogP contribution in [-0.2, 0) is 13.0 Å². The van der Waals surface area contributed by atoms with Gasteiger partial charge in [0.25, 0.3) is 0 Å². The van der Waals surface area contributed by atoms with Crippen molar-refractivity contribution >= 4 is 0 Å². The Balaban J connectivity index is 1.81. The average molecular weight is 203 g/mol. The summed E-state index contributed by atoms with van der Waals surface area (Å²) < 4.78 is 0. The van der Waals surface area contributed by atoms with Crippen molar-refractivity contribution in [2.24, 2.45) is 11.8 Å². The Morgan fingerprint density at radius 2 is 1.93 bits per heavy atom. The lowest BCUT2D eigenvalue weighted by atomic mass is 10.1. The van der Waals surface area contributed by atoms with E-state index in [1.54, 1.807) is 0 Å². The zero-order chi connectivity index (χ0) is 10.7. The molecule has 0 radical (unpaired) electrons. The van der Waals surface area contributed by atoms with E-state index in [1.807, 2.05) is 0 Å². The second-order valence-corrected chi connectivity index (χ2v) is 4.73. The maximum absolute atomic E-state index is 3.57. The fourth-order valence-electron chi connectivity index (χ4n) is 2.15. The van der Waals surface area contributed by atoms with Crippen molar-refractivity contribution in [3.63, 3.8) is 0 Å². The van der Waals surface area contributed by atoms with Crippen molar-refractivity contribution in [1.82, 2.24) is 5.32 Å². The normalized spacial score (nSPS) is 24.1. The van der Waals surface area contributed by atoms with Gasteiger partial charge in [0.2, 0.25) is 0 Å². The van der Waals surface area contributed by atoms with Gasteiger partial charge in [-0.3, -0.25) is 0 Å². The summed E-state index contributed by atoms with van der Waals surface area (Å²) in [7, 11) is 0. The van der Waals surface area contributed by atoms with Gasteiger partial charge >= 0.3 is 0 Å². The van der Waals surface area contributed by atoms with E-state index in [0.717, 1.165) is 24.8 Å². The Hall–Kier alpha value is -0.820. The smallest absolute Gasteiger partial charge is 0.0208 e. The molecule has 0 saturated heterocycles. The maximum atomic E-state index is 3.57. The van der Waals surface area contributed by atoms with Gasteiger partial charge in [0.1, 0.15) is 0 Å². The van der Waals surface area contributed by atoms with Gasteiger partial charge in [0, 0.05) is 6.54 Å². The molecule has 0 amide bonds. The molecule has 15 heavy (non-hydrogen) atoms. The molecular formula is C14H21N. The summed E-state index contributed by atoms with van der Waals surface area (Å²) in [6.45, 7) is 6.79. The van der Waals surface area contributed by atoms with E-state index in [2.05, 4.69) is 43.4 Å². The van der Waals surface area contributed by atoms with Crippen molar-refractivity contribution in [1.29, 1.82) is 0 Å². The number of nitrogens with one attached hydrogen (secondary N) is 1. The molecule has 1 aliphatic carbocycles. The van der Waals surface area contributed by atoms with E-state index in [0.29, 0.717) is 0 Å². The van der Waals surface area contributed by atoms with Gasteiger partial charge < -0.3 is 5.32 Å². The van der Waals surface area contributed by atoms with E-state index >= 15 is 0 Å². The summed E-state index contributed by atoms with van der Waals surface area (Å²) in [5, 5.41) is 3.57. The highest BCUT2D eigenvalue weighted by molar-refractivity contribution is 5.26.